The van der Waals surface area contributed by atoms with Crippen LogP contribution < -0.4 is 15.8 Å². The molecule has 7 heteroatoms. The summed E-state index contributed by atoms with van der Waals surface area (Å²) in [4.78, 5) is 20.6. The number of nitrogens with one attached hydrogen (secondary N) is 1. The van der Waals surface area contributed by atoms with E-state index in [-0.39, 0.29) is 24.2 Å². The first-order valence-corrected chi connectivity index (χ1v) is 10.9. The van der Waals surface area contributed by atoms with Crippen LogP contribution in [0.1, 0.15) is 32.0 Å². The molecule has 3 N–H and O–H groups in total. The minimum Gasteiger partial charge on any atom is -0.457 e. The molecule has 0 aliphatic heterocycles. The first kappa shape index (κ1) is 22.5. The van der Waals surface area contributed by atoms with Gasteiger partial charge in [-0.05, 0) is 41.3 Å². The number of ketones is 1. The van der Waals surface area contributed by atoms with E-state index in [4.69, 9.17) is 15.5 Å². The maximum Gasteiger partial charge on any atom is 0.208 e. The first-order chi connectivity index (χ1) is 15.7. The number of nitrogens with zero attached hydrogens (tertiary/aromatic N) is 3. The molecule has 0 bridgehead atoms. The summed E-state index contributed by atoms with van der Waals surface area (Å²) in [6.07, 6.45) is 1.82. The number of rotatable bonds is 7. The van der Waals surface area contributed by atoms with Gasteiger partial charge < -0.3 is 20.4 Å². The van der Waals surface area contributed by atoms with Crippen LogP contribution in [0.2, 0.25) is 0 Å². The van der Waals surface area contributed by atoms with Gasteiger partial charge in [-0.1, -0.05) is 32.9 Å². The number of imidazole rings is 1. The van der Waals surface area contributed by atoms with E-state index >= 15 is 0 Å². The molecule has 7 nitrogen and oxygen atoms in total. The van der Waals surface area contributed by atoms with Crippen molar-refractivity contribution in [3.05, 3.63) is 72.1 Å². The minimum absolute atomic E-state index is 0.0000230. The topological polar surface area (TPSA) is 95.1 Å². The number of carbonyl (C=O) groups excluding carboxylic acids is 1. The first-order valence-electron chi connectivity index (χ1n) is 10.9. The summed E-state index contributed by atoms with van der Waals surface area (Å²) in [5, 5.41) is 3.44. The molecule has 2 aromatic carbocycles. The lowest BCUT2D eigenvalue weighted by Crippen LogP contribution is -2.16. The Bertz CT molecular complexity index is 1300. The molecule has 170 valence electrons. The molecule has 0 unspecified atom stereocenters. The van der Waals surface area contributed by atoms with Gasteiger partial charge in [0, 0.05) is 31.1 Å². The number of anilines is 2. The average Bonchev–Trinajstić information content (AvgIpc) is 3.08. The Balaban J connectivity index is 1.56. The monoisotopic (exact) mass is 443 g/mol. The fourth-order valence-corrected chi connectivity index (χ4v) is 3.57. The molecule has 0 saturated carbocycles. The Labute approximate surface area is 193 Å². The van der Waals surface area contributed by atoms with Crippen LogP contribution >= 0.6 is 0 Å². The van der Waals surface area contributed by atoms with Crippen LogP contribution in [0.4, 0.5) is 11.6 Å². The molecular formula is C26H29N5O2. The van der Waals surface area contributed by atoms with Gasteiger partial charge in [-0.3, -0.25) is 9.78 Å². The van der Waals surface area contributed by atoms with E-state index in [9.17, 15) is 4.79 Å². The summed E-state index contributed by atoms with van der Waals surface area (Å²) < 4.78 is 8.03. The molecule has 0 fully saturated rings. The molecule has 2 heterocycles. The molecule has 0 spiro atoms. The van der Waals surface area contributed by atoms with Crippen molar-refractivity contribution >= 4 is 28.5 Å². The van der Waals surface area contributed by atoms with E-state index in [1.54, 1.807) is 18.3 Å². The molecule has 0 aliphatic carbocycles. The summed E-state index contributed by atoms with van der Waals surface area (Å²) in [6, 6.07) is 17.7. The van der Waals surface area contributed by atoms with Crippen molar-refractivity contribution in [2.75, 3.05) is 11.9 Å². The quantitative estimate of drug-likeness (QED) is 0.423. The standard InChI is InChI=1S/C26H29N5O2/c1-26(2,3)17-6-5-7-18(12-17)29-25-30-23-15-21(8-9-24(23)31(25)4)33-22-10-11-28-19(14-22)13-20(32)16-27/h5-12,14-15H,13,16,27H2,1-4H3,(H,29,30). The summed E-state index contributed by atoms with van der Waals surface area (Å²) in [7, 11) is 1.98. The number of aromatic nitrogens is 3. The molecule has 33 heavy (non-hydrogen) atoms. The van der Waals surface area contributed by atoms with Crippen molar-refractivity contribution in [1.29, 1.82) is 0 Å². The number of hydrogen-bond donors (Lipinski definition) is 2. The molecule has 0 radical (unpaired) electrons. The highest BCUT2D eigenvalue weighted by atomic mass is 16.5. The second kappa shape index (κ2) is 9.03. The minimum atomic E-state index is -0.0670. The highest BCUT2D eigenvalue weighted by Crippen LogP contribution is 2.30. The molecule has 0 aliphatic rings. The molecule has 2 aromatic heterocycles. The van der Waals surface area contributed by atoms with Crippen molar-refractivity contribution < 1.29 is 9.53 Å². The van der Waals surface area contributed by atoms with Crippen molar-refractivity contribution in [2.45, 2.75) is 32.6 Å². The summed E-state index contributed by atoms with van der Waals surface area (Å²) in [6.45, 7) is 6.60. The van der Waals surface area contributed by atoms with Gasteiger partial charge >= 0.3 is 0 Å². The number of carbonyl (C=O) groups is 1. The third kappa shape index (κ3) is 5.21. The smallest absolute Gasteiger partial charge is 0.208 e. The van der Waals surface area contributed by atoms with Gasteiger partial charge in [0.05, 0.1) is 29.7 Å². The molecule has 0 saturated heterocycles. The normalized spacial score (nSPS) is 11.5. The largest absolute Gasteiger partial charge is 0.457 e. The summed E-state index contributed by atoms with van der Waals surface area (Å²) >= 11 is 0. The van der Waals surface area contributed by atoms with E-state index in [1.807, 2.05) is 35.9 Å². The van der Waals surface area contributed by atoms with Gasteiger partial charge in [0.1, 0.15) is 11.5 Å². The Hall–Kier alpha value is -3.71. The van der Waals surface area contributed by atoms with Gasteiger partial charge in [0.25, 0.3) is 0 Å². The number of pyridine rings is 1. The van der Waals surface area contributed by atoms with Gasteiger partial charge in [0.2, 0.25) is 5.95 Å². The van der Waals surface area contributed by atoms with Crippen LogP contribution in [-0.4, -0.2) is 26.9 Å². The van der Waals surface area contributed by atoms with E-state index in [1.165, 1.54) is 5.56 Å². The number of aryl methyl sites for hydroxylation is 1. The lowest BCUT2D eigenvalue weighted by atomic mass is 9.87. The number of fused-ring (bicyclic) bond motifs is 1. The van der Waals surface area contributed by atoms with Crippen molar-refractivity contribution in [1.82, 2.24) is 14.5 Å². The average molecular weight is 444 g/mol. The van der Waals surface area contributed by atoms with E-state index in [0.29, 0.717) is 17.2 Å². The lowest BCUT2D eigenvalue weighted by molar-refractivity contribution is -0.117. The fraction of sp³-hybridized carbons (Fsp3) is 0.269. The molecule has 0 amide bonds. The summed E-state index contributed by atoms with van der Waals surface area (Å²) in [5.41, 5.74) is 10.2. The van der Waals surface area contributed by atoms with Crippen LogP contribution in [0.5, 0.6) is 11.5 Å². The van der Waals surface area contributed by atoms with Crippen LogP contribution in [0.15, 0.2) is 60.8 Å². The number of benzene rings is 2. The predicted octanol–water partition coefficient (Wildman–Crippen LogP) is 4.87. The lowest BCUT2D eigenvalue weighted by Gasteiger charge is -2.20. The summed E-state index contributed by atoms with van der Waals surface area (Å²) in [5.74, 6) is 1.95. The molecule has 4 rings (SSSR count). The highest BCUT2D eigenvalue weighted by Gasteiger charge is 2.15. The predicted molar refractivity (Wildman–Crippen MR) is 131 cm³/mol. The van der Waals surface area contributed by atoms with Crippen molar-refractivity contribution in [3.8, 4) is 11.5 Å². The van der Waals surface area contributed by atoms with Crippen LogP contribution in [0.25, 0.3) is 11.0 Å². The van der Waals surface area contributed by atoms with Gasteiger partial charge in [-0.25, -0.2) is 4.98 Å². The zero-order valence-electron chi connectivity index (χ0n) is 19.4. The Kier molecular flexibility index (Phi) is 6.16. The second-order valence-corrected chi connectivity index (χ2v) is 9.11. The Morgan fingerprint density at radius 1 is 1.09 bits per heavy atom. The van der Waals surface area contributed by atoms with Gasteiger partial charge in [0.15, 0.2) is 5.78 Å². The van der Waals surface area contributed by atoms with E-state index in [0.717, 1.165) is 22.7 Å². The maximum absolute atomic E-state index is 11.6. The van der Waals surface area contributed by atoms with Crippen LogP contribution in [0, 0.1) is 0 Å². The highest BCUT2D eigenvalue weighted by molar-refractivity contribution is 5.82. The zero-order chi connectivity index (χ0) is 23.6. The zero-order valence-corrected chi connectivity index (χ0v) is 19.4. The third-order valence-electron chi connectivity index (χ3n) is 5.47. The number of hydrogen-bond acceptors (Lipinski definition) is 6. The number of ether oxygens (including phenoxy) is 1. The molecule has 0 atom stereocenters. The third-order valence-corrected chi connectivity index (χ3v) is 5.47. The number of nitrogens with two attached hydrogens (primary N) is 1. The van der Waals surface area contributed by atoms with Crippen molar-refractivity contribution in [3.63, 3.8) is 0 Å². The fourth-order valence-electron chi connectivity index (χ4n) is 3.57. The van der Waals surface area contributed by atoms with Gasteiger partial charge in [-0.15, -0.1) is 0 Å². The van der Waals surface area contributed by atoms with E-state index in [2.05, 4.69) is 49.3 Å². The van der Waals surface area contributed by atoms with Crippen LogP contribution in [-0.2, 0) is 23.7 Å². The van der Waals surface area contributed by atoms with Crippen LogP contribution in [0.3, 0.4) is 0 Å². The van der Waals surface area contributed by atoms with Crippen molar-refractivity contribution in [2.24, 2.45) is 12.8 Å². The second-order valence-electron chi connectivity index (χ2n) is 9.11. The Morgan fingerprint density at radius 3 is 2.64 bits per heavy atom. The molecule has 4 aromatic rings. The SMILES string of the molecule is Cn1c(Nc2cccc(C(C)(C)C)c2)nc2cc(Oc3ccnc(CC(=O)CN)c3)ccc21. The molecular weight excluding hydrogens is 414 g/mol. The van der Waals surface area contributed by atoms with Gasteiger partial charge in [-0.2, -0.15) is 0 Å². The number of Topliss-reactive ketones (excluding diaryl/α,β-unsaturated/α-hetero) is 1. The maximum atomic E-state index is 11.6. The van der Waals surface area contributed by atoms with E-state index < -0.39 is 0 Å². The Morgan fingerprint density at radius 2 is 1.88 bits per heavy atom.